The van der Waals surface area contributed by atoms with Crippen molar-refractivity contribution in [2.24, 2.45) is 5.92 Å². The van der Waals surface area contributed by atoms with Crippen LogP contribution in [0.1, 0.15) is 43.9 Å². The largest absolute Gasteiger partial charge is 0.421 e. The summed E-state index contributed by atoms with van der Waals surface area (Å²) in [4.78, 5) is 6.34. The maximum atomic E-state index is 13.3. The monoisotopic (exact) mass is 483 g/mol. The topological polar surface area (TPSA) is 73.7 Å². The molecule has 0 bridgehead atoms. The van der Waals surface area contributed by atoms with E-state index in [9.17, 15) is 26.7 Å². The van der Waals surface area contributed by atoms with Gasteiger partial charge in [0, 0.05) is 44.1 Å². The number of aliphatic hydroxyl groups is 1. The van der Waals surface area contributed by atoms with Crippen molar-refractivity contribution in [1.29, 1.82) is 0 Å². The molecule has 33 heavy (non-hydrogen) atoms. The molecule has 0 amide bonds. The SMILES string of the molecule is CC1CN(C(c2ccncc2)C2CC2)CCN1S(=O)(=O)c1ccc(C(C)(O)C(F)(F)F)cc1. The first-order chi connectivity index (χ1) is 15.4. The number of rotatable bonds is 6. The van der Waals surface area contributed by atoms with E-state index in [4.69, 9.17) is 0 Å². The molecule has 2 fully saturated rings. The Hall–Kier alpha value is -2.01. The summed E-state index contributed by atoms with van der Waals surface area (Å²) in [6.45, 7) is 3.91. The van der Waals surface area contributed by atoms with Gasteiger partial charge in [-0.2, -0.15) is 17.5 Å². The average molecular weight is 484 g/mol. The number of benzene rings is 1. The second-order valence-corrected chi connectivity index (χ2v) is 11.0. The fourth-order valence-corrected chi connectivity index (χ4v) is 6.20. The standard InChI is InChI=1S/C23H28F3N3O3S/c1-16-15-28(21(17-3-4-17)18-9-11-27-12-10-18)13-14-29(16)33(31,32)20-7-5-19(6-8-20)22(2,30)23(24,25)26/h5-12,16-17,21,30H,3-4,13-15H2,1-2H3. The van der Waals surface area contributed by atoms with Crippen molar-refractivity contribution in [2.45, 2.75) is 55.4 Å². The van der Waals surface area contributed by atoms with Crippen LogP contribution in [0.2, 0.25) is 0 Å². The molecule has 2 heterocycles. The minimum atomic E-state index is -4.87. The van der Waals surface area contributed by atoms with E-state index in [1.807, 2.05) is 19.1 Å². The van der Waals surface area contributed by atoms with E-state index in [0.29, 0.717) is 32.5 Å². The molecular weight excluding hydrogens is 455 g/mol. The lowest BCUT2D eigenvalue weighted by Crippen LogP contribution is -2.54. The first-order valence-electron chi connectivity index (χ1n) is 11.0. The van der Waals surface area contributed by atoms with Crippen LogP contribution in [0.4, 0.5) is 13.2 Å². The summed E-state index contributed by atoms with van der Waals surface area (Å²) in [5.74, 6) is 0.553. The van der Waals surface area contributed by atoms with Crippen LogP contribution < -0.4 is 0 Å². The van der Waals surface area contributed by atoms with Crippen LogP contribution in [0.5, 0.6) is 0 Å². The van der Waals surface area contributed by atoms with Crippen LogP contribution in [-0.2, 0) is 15.6 Å². The molecule has 3 atom stereocenters. The molecule has 1 N–H and O–H groups in total. The summed E-state index contributed by atoms with van der Waals surface area (Å²) in [7, 11) is -3.89. The Morgan fingerprint density at radius 3 is 2.18 bits per heavy atom. The molecule has 1 aliphatic carbocycles. The van der Waals surface area contributed by atoms with Crippen molar-refractivity contribution >= 4 is 10.0 Å². The van der Waals surface area contributed by atoms with Crippen LogP contribution in [0.15, 0.2) is 53.7 Å². The second kappa shape index (κ2) is 8.65. The number of hydrogen-bond acceptors (Lipinski definition) is 5. The van der Waals surface area contributed by atoms with Gasteiger partial charge >= 0.3 is 6.18 Å². The first kappa shape index (κ1) is 24.1. The van der Waals surface area contributed by atoms with Crippen molar-refractivity contribution in [3.8, 4) is 0 Å². The van der Waals surface area contributed by atoms with Crippen LogP contribution in [0.3, 0.4) is 0 Å². The highest BCUT2D eigenvalue weighted by atomic mass is 32.2. The van der Waals surface area contributed by atoms with Crippen LogP contribution >= 0.6 is 0 Å². The van der Waals surface area contributed by atoms with Gasteiger partial charge in [-0.15, -0.1) is 0 Å². The summed E-state index contributed by atoms with van der Waals surface area (Å²) in [5.41, 5.74) is -2.28. The summed E-state index contributed by atoms with van der Waals surface area (Å²) < 4.78 is 67.2. The molecule has 4 rings (SSSR count). The number of piperazine rings is 1. The van der Waals surface area contributed by atoms with Gasteiger partial charge < -0.3 is 5.11 Å². The van der Waals surface area contributed by atoms with E-state index >= 15 is 0 Å². The van der Waals surface area contributed by atoms with Crippen molar-refractivity contribution < 1.29 is 26.7 Å². The average Bonchev–Trinajstić information content (AvgIpc) is 3.59. The van der Waals surface area contributed by atoms with Gasteiger partial charge in [0.25, 0.3) is 0 Å². The van der Waals surface area contributed by atoms with E-state index in [-0.39, 0.29) is 17.0 Å². The Morgan fingerprint density at radius 2 is 1.67 bits per heavy atom. The Balaban J connectivity index is 1.51. The zero-order chi connectivity index (χ0) is 24.0. The van der Waals surface area contributed by atoms with E-state index in [2.05, 4.69) is 9.88 Å². The summed E-state index contributed by atoms with van der Waals surface area (Å²) >= 11 is 0. The third kappa shape index (κ3) is 4.66. The van der Waals surface area contributed by atoms with Gasteiger partial charge in [0.2, 0.25) is 10.0 Å². The third-order valence-electron chi connectivity index (χ3n) is 6.68. The molecule has 3 unspecified atom stereocenters. The minimum absolute atomic E-state index is 0.0857. The molecule has 6 nitrogen and oxygen atoms in total. The molecular formula is C23H28F3N3O3S. The molecule has 1 aliphatic heterocycles. The Bertz CT molecular complexity index is 1070. The van der Waals surface area contributed by atoms with E-state index in [0.717, 1.165) is 37.1 Å². The van der Waals surface area contributed by atoms with E-state index < -0.39 is 27.4 Å². The Kier molecular flexibility index (Phi) is 6.32. The molecule has 0 spiro atoms. The maximum absolute atomic E-state index is 13.3. The fraction of sp³-hybridized carbons (Fsp3) is 0.522. The highest BCUT2D eigenvalue weighted by molar-refractivity contribution is 7.89. The lowest BCUT2D eigenvalue weighted by molar-refractivity contribution is -0.258. The first-order valence-corrected chi connectivity index (χ1v) is 12.4. The van der Waals surface area contributed by atoms with Crippen molar-refractivity contribution in [3.05, 3.63) is 59.9 Å². The highest BCUT2D eigenvalue weighted by Gasteiger charge is 2.51. The molecule has 2 aromatic rings. The molecule has 2 aliphatic rings. The number of alkyl halides is 3. The number of aromatic nitrogens is 1. The number of pyridine rings is 1. The van der Waals surface area contributed by atoms with Crippen LogP contribution in [-0.4, -0.2) is 59.6 Å². The van der Waals surface area contributed by atoms with Crippen LogP contribution in [0, 0.1) is 5.92 Å². The number of hydrogen-bond donors (Lipinski definition) is 1. The quantitative estimate of drug-likeness (QED) is 0.678. The second-order valence-electron chi connectivity index (χ2n) is 9.12. The van der Waals surface area contributed by atoms with Crippen molar-refractivity contribution in [1.82, 2.24) is 14.2 Å². The van der Waals surface area contributed by atoms with Crippen molar-refractivity contribution in [2.75, 3.05) is 19.6 Å². The van der Waals surface area contributed by atoms with Gasteiger partial charge in [0.1, 0.15) is 0 Å². The summed E-state index contributed by atoms with van der Waals surface area (Å²) in [5, 5.41) is 9.84. The lowest BCUT2D eigenvalue weighted by Gasteiger charge is -2.43. The summed E-state index contributed by atoms with van der Waals surface area (Å²) in [6, 6.07) is 8.25. The molecule has 180 valence electrons. The zero-order valence-electron chi connectivity index (χ0n) is 18.5. The number of nitrogens with zero attached hydrogens (tertiary/aromatic N) is 3. The molecule has 1 saturated heterocycles. The fourth-order valence-electron chi connectivity index (χ4n) is 4.58. The van der Waals surface area contributed by atoms with Gasteiger partial charge in [-0.3, -0.25) is 9.88 Å². The van der Waals surface area contributed by atoms with Gasteiger partial charge in [-0.05, 0) is 68.0 Å². The molecule has 10 heteroatoms. The van der Waals surface area contributed by atoms with E-state index in [1.165, 1.54) is 9.87 Å². The van der Waals surface area contributed by atoms with Gasteiger partial charge in [0.15, 0.2) is 5.60 Å². The van der Waals surface area contributed by atoms with Crippen LogP contribution in [0.25, 0.3) is 0 Å². The number of halogens is 3. The minimum Gasteiger partial charge on any atom is -0.376 e. The Morgan fingerprint density at radius 1 is 1.06 bits per heavy atom. The maximum Gasteiger partial charge on any atom is 0.421 e. The van der Waals surface area contributed by atoms with Gasteiger partial charge in [0.05, 0.1) is 4.90 Å². The lowest BCUT2D eigenvalue weighted by atomic mass is 9.96. The smallest absolute Gasteiger partial charge is 0.376 e. The normalized spacial score (nSPS) is 23.8. The number of sulfonamides is 1. The molecule has 1 saturated carbocycles. The Labute approximate surface area is 192 Å². The third-order valence-corrected chi connectivity index (χ3v) is 8.71. The molecule has 1 aromatic heterocycles. The van der Waals surface area contributed by atoms with Crippen molar-refractivity contribution in [3.63, 3.8) is 0 Å². The zero-order valence-corrected chi connectivity index (χ0v) is 19.4. The highest BCUT2D eigenvalue weighted by Crippen LogP contribution is 2.45. The molecule has 1 aromatic carbocycles. The summed E-state index contributed by atoms with van der Waals surface area (Å²) in [6.07, 6.45) is 0.969. The van der Waals surface area contributed by atoms with Gasteiger partial charge in [-0.1, -0.05) is 12.1 Å². The molecule has 0 radical (unpaired) electrons. The van der Waals surface area contributed by atoms with Gasteiger partial charge in [-0.25, -0.2) is 8.42 Å². The predicted octanol–water partition coefficient (Wildman–Crippen LogP) is 3.70. The predicted molar refractivity (Wildman–Crippen MR) is 117 cm³/mol. The van der Waals surface area contributed by atoms with E-state index in [1.54, 1.807) is 12.4 Å².